The van der Waals surface area contributed by atoms with E-state index in [2.05, 4.69) is 10.6 Å². The van der Waals surface area contributed by atoms with Crippen molar-refractivity contribution in [3.05, 3.63) is 47.1 Å². The van der Waals surface area contributed by atoms with E-state index in [1.54, 1.807) is 11.3 Å². The van der Waals surface area contributed by atoms with Crippen LogP contribution in [-0.4, -0.2) is 30.8 Å². The Morgan fingerprint density at radius 3 is 2.95 bits per heavy atom. The van der Waals surface area contributed by atoms with E-state index in [9.17, 15) is 9.50 Å². The van der Waals surface area contributed by atoms with Crippen LogP contribution in [-0.2, 0) is 6.54 Å². The van der Waals surface area contributed by atoms with E-state index in [0.29, 0.717) is 18.7 Å². The van der Waals surface area contributed by atoms with Crippen LogP contribution in [0.3, 0.4) is 0 Å². The van der Waals surface area contributed by atoms with Crippen molar-refractivity contribution in [2.45, 2.75) is 12.6 Å². The third kappa shape index (κ3) is 3.49. The van der Waals surface area contributed by atoms with Gasteiger partial charge in [0.2, 0.25) is 0 Å². The van der Waals surface area contributed by atoms with Gasteiger partial charge in [0, 0.05) is 42.5 Å². The van der Waals surface area contributed by atoms with Crippen LogP contribution in [0.4, 0.5) is 4.39 Å². The zero-order valence-electron chi connectivity index (χ0n) is 11.7. The maximum Gasteiger partial charge on any atom is 0.131 e. The lowest BCUT2D eigenvalue weighted by molar-refractivity contribution is 0.146. The molecule has 3 N–H and O–H groups in total. The SMILES string of the molecule is OC1CNCC1CNCc1ccc(F)c(-c2cccs2)c1. The highest BCUT2D eigenvalue weighted by Crippen LogP contribution is 2.28. The van der Waals surface area contributed by atoms with Crippen molar-refractivity contribution in [3.8, 4) is 10.4 Å². The molecule has 2 unspecified atom stereocenters. The van der Waals surface area contributed by atoms with Gasteiger partial charge in [-0.25, -0.2) is 4.39 Å². The van der Waals surface area contributed by atoms with Crippen LogP contribution >= 0.6 is 11.3 Å². The van der Waals surface area contributed by atoms with Crippen molar-refractivity contribution in [1.29, 1.82) is 0 Å². The van der Waals surface area contributed by atoms with Crippen LogP contribution in [0.2, 0.25) is 0 Å². The van der Waals surface area contributed by atoms with E-state index < -0.39 is 0 Å². The Kier molecular flexibility index (Phi) is 4.65. The zero-order valence-corrected chi connectivity index (χ0v) is 12.5. The third-order valence-corrected chi connectivity index (χ3v) is 4.76. The lowest BCUT2D eigenvalue weighted by Crippen LogP contribution is -2.30. The Morgan fingerprint density at radius 2 is 2.24 bits per heavy atom. The number of hydrogen-bond donors (Lipinski definition) is 3. The fourth-order valence-electron chi connectivity index (χ4n) is 2.63. The lowest BCUT2D eigenvalue weighted by atomic mass is 10.1. The minimum absolute atomic E-state index is 0.184. The van der Waals surface area contributed by atoms with Gasteiger partial charge in [-0.2, -0.15) is 0 Å². The van der Waals surface area contributed by atoms with Crippen LogP contribution in [0, 0.1) is 11.7 Å². The summed E-state index contributed by atoms with van der Waals surface area (Å²) < 4.78 is 13.9. The molecule has 21 heavy (non-hydrogen) atoms. The number of hydrogen-bond acceptors (Lipinski definition) is 4. The second-order valence-corrected chi connectivity index (χ2v) is 6.36. The smallest absolute Gasteiger partial charge is 0.131 e. The van der Waals surface area contributed by atoms with E-state index in [0.717, 1.165) is 23.5 Å². The third-order valence-electron chi connectivity index (χ3n) is 3.86. The van der Waals surface area contributed by atoms with Crippen LogP contribution in [0.15, 0.2) is 35.7 Å². The van der Waals surface area contributed by atoms with Crippen molar-refractivity contribution >= 4 is 11.3 Å². The van der Waals surface area contributed by atoms with Crippen molar-refractivity contribution < 1.29 is 9.50 Å². The molecule has 3 rings (SSSR count). The summed E-state index contributed by atoms with van der Waals surface area (Å²) in [5, 5.41) is 18.2. The van der Waals surface area contributed by atoms with Crippen molar-refractivity contribution in [1.82, 2.24) is 10.6 Å². The number of β-amino-alcohol motifs (C(OH)–C–C–N with tert-alkyl or cyclic N) is 1. The van der Waals surface area contributed by atoms with Crippen molar-refractivity contribution in [2.75, 3.05) is 19.6 Å². The van der Waals surface area contributed by atoms with Gasteiger partial charge in [0.05, 0.1) is 6.10 Å². The molecule has 0 bridgehead atoms. The second kappa shape index (κ2) is 6.66. The predicted molar refractivity (Wildman–Crippen MR) is 83.8 cm³/mol. The van der Waals surface area contributed by atoms with E-state index >= 15 is 0 Å². The number of aliphatic hydroxyl groups excluding tert-OH is 1. The fraction of sp³-hybridized carbons (Fsp3) is 0.375. The molecule has 2 atom stereocenters. The number of rotatable bonds is 5. The first-order chi connectivity index (χ1) is 10.2. The van der Waals surface area contributed by atoms with E-state index in [1.807, 2.05) is 29.6 Å². The highest BCUT2D eigenvalue weighted by molar-refractivity contribution is 7.13. The van der Waals surface area contributed by atoms with Gasteiger partial charge in [0.1, 0.15) is 5.82 Å². The standard InChI is InChI=1S/C16H19FN2OS/c17-14-4-3-11(6-13(14)16-2-1-5-21-16)7-18-8-12-9-19-10-15(12)20/h1-6,12,15,18-20H,7-10H2. The molecule has 2 heterocycles. The number of nitrogens with one attached hydrogen (secondary N) is 2. The van der Waals surface area contributed by atoms with Gasteiger partial charge in [-0.1, -0.05) is 12.1 Å². The molecule has 1 aliphatic heterocycles. The highest BCUT2D eigenvalue weighted by atomic mass is 32.1. The van der Waals surface area contributed by atoms with Crippen molar-refractivity contribution in [2.24, 2.45) is 5.92 Å². The van der Waals surface area contributed by atoms with Gasteiger partial charge in [-0.15, -0.1) is 11.3 Å². The number of halogens is 1. The van der Waals surface area contributed by atoms with E-state index in [1.165, 1.54) is 6.07 Å². The Hall–Kier alpha value is -1.27. The van der Waals surface area contributed by atoms with Crippen LogP contribution in [0.25, 0.3) is 10.4 Å². The molecule has 2 aromatic rings. The maximum atomic E-state index is 13.9. The number of aliphatic hydroxyl groups is 1. The fourth-order valence-corrected chi connectivity index (χ4v) is 3.38. The minimum atomic E-state index is -0.271. The molecule has 0 saturated carbocycles. The van der Waals surface area contributed by atoms with E-state index in [4.69, 9.17) is 0 Å². The van der Waals surface area contributed by atoms with Gasteiger partial charge >= 0.3 is 0 Å². The summed E-state index contributed by atoms with van der Waals surface area (Å²) in [6.07, 6.45) is -0.271. The minimum Gasteiger partial charge on any atom is -0.391 e. The summed E-state index contributed by atoms with van der Waals surface area (Å²) >= 11 is 1.54. The normalized spacial score (nSPS) is 21.8. The Morgan fingerprint density at radius 1 is 1.33 bits per heavy atom. The summed E-state index contributed by atoms with van der Waals surface area (Å²) in [5.74, 6) is 0.0684. The Labute approximate surface area is 127 Å². The Bertz CT molecular complexity index is 588. The van der Waals surface area contributed by atoms with Gasteiger partial charge < -0.3 is 15.7 Å². The average Bonchev–Trinajstić information content (AvgIpc) is 3.13. The molecular weight excluding hydrogens is 287 g/mol. The van der Waals surface area contributed by atoms with Crippen LogP contribution in [0.5, 0.6) is 0 Å². The largest absolute Gasteiger partial charge is 0.391 e. The van der Waals surface area contributed by atoms with Gasteiger partial charge in [0.25, 0.3) is 0 Å². The maximum absolute atomic E-state index is 13.9. The van der Waals surface area contributed by atoms with Gasteiger partial charge in [0.15, 0.2) is 0 Å². The van der Waals surface area contributed by atoms with Crippen LogP contribution in [0.1, 0.15) is 5.56 Å². The topological polar surface area (TPSA) is 44.3 Å². The number of thiophene rings is 1. The Balaban J connectivity index is 1.62. The van der Waals surface area contributed by atoms with Crippen molar-refractivity contribution in [3.63, 3.8) is 0 Å². The molecule has 1 saturated heterocycles. The van der Waals surface area contributed by atoms with E-state index in [-0.39, 0.29) is 17.8 Å². The average molecular weight is 306 g/mol. The molecule has 0 radical (unpaired) electrons. The quantitative estimate of drug-likeness (QED) is 0.794. The molecule has 3 nitrogen and oxygen atoms in total. The summed E-state index contributed by atoms with van der Waals surface area (Å²) in [6, 6.07) is 9.10. The highest BCUT2D eigenvalue weighted by Gasteiger charge is 2.24. The van der Waals surface area contributed by atoms with Crippen LogP contribution < -0.4 is 10.6 Å². The molecule has 0 spiro atoms. The first-order valence-corrected chi connectivity index (χ1v) is 8.04. The molecule has 5 heteroatoms. The molecule has 112 valence electrons. The molecule has 1 aliphatic rings. The molecule has 1 fully saturated rings. The first kappa shape index (κ1) is 14.7. The molecule has 0 aliphatic carbocycles. The summed E-state index contributed by atoms with van der Waals surface area (Å²) in [4.78, 5) is 0.949. The molecule has 1 aromatic heterocycles. The molecule has 1 aromatic carbocycles. The predicted octanol–water partition coefficient (Wildman–Crippen LogP) is 2.22. The number of benzene rings is 1. The summed E-state index contributed by atoms with van der Waals surface area (Å²) in [7, 11) is 0. The molecular formula is C16H19FN2OS. The van der Waals surface area contributed by atoms with Gasteiger partial charge in [-0.05, 0) is 29.1 Å². The molecule has 0 amide bonds. The second-order valence-electron chi connectivity index (χ2n) is 5.41. The summed E-state index contributed by atoms with van der Waals surface area (Å²) in [6.45, 7) is 2.96. The zero-order chi connectivity index (χ0) is 14.7. The lowest BCUT2D eigenvalue weighted by Gasteiger charge is -2.14. The van der Waals surface area contributed by atoms with Gasteiger partial charge in [-0.3, -0.25) is 0 Å². The monoisotopic (exact) mass is 306 g/mol. The summed E-state index contributed by atoms with van der Waals surface area (Å²) in [5.41, 5.74) is 1.71. The first-order valence-electron chi connectivity index (χ1n) is 7.16.